The van der Waals surface area contributed by atoms with Crippen LogP contribution in [0, 0.1) is 6.92 Å². The number of fused-ring (bicyclic) bond motifs is 1. The summed E-state index contributed by atoms with van der Waals surface area (Å²) in [4.78, 5) is 30.0. The number of thiazole rings is 1. The molecular formula is C17H19N3O3S. The van der Waals surface area contributed by atoms with Gasteiger partial charge in [-0.25, -0.2) is 4.98 Å². The minimum absolute atomic E-state index is 0.0275. The van der Waals surface area contributed by atoms with Crippen LogP contribution in [0.4, 0.5) is 0 Å². The molecule has 6 nitrogen and oxygen atoms in total. The Kier molecular flexibility index (Phi) is 4.04. The average Bonchev–Trinajstić information content (AvgIpc) is 3.11. The monoisotopic (exact) mass is 345 g/mol. The first-order valence-electron chi connectivity index (χ1n) is 7.60. The number of hydrogen-bond acceptors (Lipinski definition) is 5. The number of rotatable bonds is 3. The van der Waals surface area contributed by atoms with E-state index < -0.39 is 5.91 Å². The van der Waals surface area contributed by atoms with Gasteiger partial charge in [-0.15, -0.1) is 11.3 Å². The van der Waals surface area contributed by atoms with E-state index in [-0.39, 0.29) is 23.1 Å². The molecule has 3 heterocycles. The van der Waals surface area contributed by atoms with E-state index in [0.29, 0.717) is 10.7 Å². The van der Waals surface area contributed by atoms with E-state index in [1.165, 1.54) is 21.9 Å². The number of aromatic nitrogens is 2. The van der Waals surface area contributed by atoms with Crippen molar-refractivity contribution in [3.8, 4) is 0 Å². The summed E-state index contributed by atoms with van der Waals surface area (Å²) in [7, 11) is 0. The normalized spacial score (nSPS) is 11.8. The molecule has 0 bridgehead atoms. The van der Waals surface area contributed by atoms with Gasteiger partial charge in [-0.3, -0.25) is 14.0 Å². The fraction of sp³-hybridized carbons (Fsp3) is 0.353. The molecule has 0 saturated carbocycles. The molecule has 0 aliphatic heterocycles. The van der Waals surface area contributed by atoms with Crippen LogP contribution in [0.1, 0.15) is 48.3 Å². The second kappa shape index (κ2) is 5.90. The lowest BCUT2D eigenvalue weighted by atomic mass is 9.93. The second-order valence-electron chi connectivity index (χ2n) is 6.66. The van der Waals surface area contributed by atoms with Crippen molar-refractivity contribution in [3.63, 3.8) is 0 Å². The summed E-state index contributed by atoms with van der Waals surface area (Å²) < 4.78 is 6.93. The van der Waals surface area contributed by atoms with E-state index in [0.717, 1.165) is 11.5 Å². The predicted octanol–water partition coefficient (Wildman–Crippen LogP) is 2.88. The van der Waals surface area contributed by atoms with Crippen molar-refractivity contribution in [2.45, 2.75) is 39.7 Å². The Morgan fingerprint density at radius 2 is 2.12 bits per heavy atom. The van der Waals surface area contributed by atoms with Crippen LogP contribution in [0.5, 0.6) is 0 Å². The van der Waals surface area contributed by atoms with Gasteiger partial charge in [0.2, 0.25) is 0 Å². The number of amides is 1. The van der Waals surface area contributed by atoms with Crippen LogP contribution in [-0.4, -0.2) is 15.3 Å². The van der Waals surface area contributed by atoms with E-state index in [9.17, 15) is 9.59 Å². The van der Waals surface area contributed by atoms with Crippen molar-refractivity contribution in [3.05, 3.63) is 56.8 Å². The maximum absolute atomic E-state index is 12.8. The lowest BCUT2D eigenvalue weighted by molar-refractivity contribution is 0.0945. The lowest BCUT2D eigenvalue weighted by Crippen LogP contribution is -2.32. The van der Waals surface area contributed by atoms with Crippen LogP contribution in [0.25, 0.3) is 4.96 Å². The number of furan rings is 1. The van der Waals surface area contributed by atoms with Crippen LogP contribution in [0.2, 0.25) is 0 Å². The number of carbonyl (C=O) groups excluding carboxylic acids is 1. The standard InChI is InChI=1S/C17H19N3O3S/c1-10-5-6-11(23-10)7-18-14(21)12-8-19-16-20(15(12)22)13(9-24-16)17(2,3)4/h5-6,8-9H,7H2,1-4H3,(H,18,21). The number of carbonyl (C=O) groups is 1. The van der Waals surface area contributed by atoms with Crippen molar-refractivity contribution in [1.29, 1.82) is 0 Å². The minimum atomic E-state index is -0.456. The molecule has 0 aliphatic rings. The van der Waals surface area contributed by atoms with Gasteiger partial charge in [-0.2, -0.15) is 0 Å². The minimum Gasteiger partial charge on any atom is -0.465 e. The molecule has 0 atom stereocenters. The second-order valence-corrected chi connectivity index (χ2v) is 7.50. The Morgan fingerprint density at radius 1 is 1.38 bits per heavy atom. The fourth-order valence-corrected chi connectivity index (χ4v) is 3.48. The maximum Gasteiger partial charge on any atom is 0.271 e. The average molecular weight is 345 g/mol. The van der Waals surface area contributed by atoms with Gasteiger partial charge in [0, 0.05) is 22.7 Å². The molecule has 0 aliphatic carbocycles. The molecule has 0 spiro atoms. The molecule has 0 fully saturated rings. The predicted molar refractivity (Wildman–Crippen MR) is 92.7 cm³/mol. The van der Waals surface area contributed by atoms with Crippen molar-refractivity contribution in [1.82, 2.24) is 14.7 Å². The Labute approximate surface area is 143 Å². The molecule has 3 aromatic heterocycles. The molecular weight excluding hydrogens is 326 g/mol. The van der Waals surface area contributed by atoms with E-state index in [1.807, 2.05) is 39.1 Å². The van der Waals surface area contributed by atoms with Crippen LogP contribution in [0.15, 0.2) is 32.9 Å². The van der Waals surface area contributed by atoms with Gasteiger partial charge in [0.1, 0.15) is 17.1 Å². The summed E-state index contributed by atoms with van der Waals surface area (Å²) in [5, 5.41) is 4.62. The SMILES string of the molecule is Cc1ccc(CNC(=O)c2cnc3scc(C(C)(C)C)n3c2=O)o1. The lowest BCUT2D eigenvalue weighted by Gasteiger charge is -2.17. The van der Waals surface area contributed by atoms with Crippen molar-refractivity contribution in [2.75, 3.05) is 0 Å². The summed E-state index contributed by atoms with van der Waals surface area (Å²) in [6, 6.07) is 3.62. The van der Waals surface area contributed by atoms with Gasteiger partial charge in [-0.1, -0.05) is 20.8 Å². The highest BCUT2D eigenvalue weighted by Crippen LogP contribution is 2.25. The zero-order valence-electron chi connectivity index (χ0n) is 14.0. The maximum atomic E-state index is 12.8. The Balaban J connectivity index is 1.93. The summed E-state index contributed by atoms with van der Waals surface area (Å²) in [6.45, 7) is 8.12. The number of hydrogen-bond donors (Lipinski definition) is 1. The molecule has 0 radical (unpaired) electrons. The molecule has 126 valence electrons. The zero-order chi connectivity index (χ0) is 17.5. The van der Waals surface area contributed by atoms with Gasteiger partial charge in [0.25, 0.3) is 11.5 Å². The number of nitrogens with zero attached hydrogens (tertiary/aromatic N) is 2. The fourth-order valence-electron chi connectivity index (χ4n) is 2.41. The smallest absolute Gasteiger partial charge is 0.271 e. The summed E-state index contributed by atoms with van der Waals surface area (Å²) >= 11 is 1.39. The van der Waals surface area contributed by atoms with E-state index in [1.54, 1.807) is 6.07 Å². The molecule has 1 amide bonds. The Bertz CT molecular complexity index is 960. The highest BCUT2D eigenvalue weighted by Gasteiger charge is 2.22. The first-order chi connectivity index (χ1) is 11.3. The molecule has 7 heteroatoms. The van der Waals surface area contributed by atoms with Crippen LogP contribution >= 0.6 is 11.3 Å². The van der Waals surface area contributed by atoms with E-state index in [4.69, 9.17) is 4.42 Å². The summed E-state index contributed by atoms with van der Waals surface area (Å²) in [6.07, 6.45) is 1.34. The molecule has 0 saturated heterocycles. The van der Waals surface area contributed by atoms with Crippen LogP contribution < -0.4 is 10.9 Å². The quantitative estimate of drug-likeness (QED) is 0.792. The molecule has 0 unspecified atom stereocenters. The van der Waals surface area contributed by atoms with Gasteiger partial charge in [-0.05, 0) is 19.1 Å². The molecule has 3 rings (SSSR count). The largest absolute Gasteiger partial charge is 0.465 e. The zero-order valence-corrected chi connectivity index (χ0v) is 14.9. The van der Waals surface area contributed by atoms with Crippen LogP contribution in [-0.2, 0) is 12.0 Å². The van der Waals surface area contributed by atoms with Gasteiger partial charge < -0.3 is 9.73 Å². The van der Waals surface area contributed by atoms with Crippen LogP contribution in [0.3, 0.4) is 0 Å². The summed E-state index contributed by atoms with van der Waals surface area (Å²) in [5.74, 6) is 0.957. The molecule has 1 N–H and O–H groups in total. The van der Waals surface area contributed by atoms with Crippen molar-refractivity contribution in [2.24, 2.45) is 0 Å². The third-order valence-electron chi connectivity index (χ3n) is 3.68. The molecule has 24 heavy (non-hydrogen) atoms. The Hall–Kier alpha value is -2.41. The first-order valence-corrected chi connectivity index (χ1v) is 8.48. The van der Waals surface area contributed by atoms with E-state index >= 15 is 0 Å². The van der Waals surface area contributed by atoms with Gasteiger partial charge in [0.05, 0.1) is 6.54 Å². The molecule has 3 aromatic rings. The highest BCUT2D eigenvalue weighted by molar-refractivity contribution is 7.15. The Morgan fingerprint density at radius 3 is 2.75 bits per heavy atom. The molecule has 0 aromatic carbocycles. The first kappa shape index (κ1) is 16.4. The number of nitrogens with one attached hydrogen (secondary N) is 1. The van der Waals surface area contributed by atoms with E-state index in [2.05, 4.69) is 10.3 Å². The topological polar surface area (TPSA) is 76.6 Å². The number of aryl methyl sites for hydroxylation is 1. The van der Waals surface area contributed by atoms with Gasteiger partial charge >= 0.3 is 0 Å². The van der Waals surface area contributed by atoms with Crippen molar-refractivity contribution < 1.29 is 9.21 Å². The highest BCUT2D eigenvalue weighted by atomic mass is 32.1. The van der Waals surface area contributed by atoms with Crippen molar-refractivity contribution >= 4 is 22.2 Å². The third kappa shape index (κ3) is 2.99. The summed E-state index contributed by atoms with van der Waals surface area (Å²) in [5.41, 5.74) is 0.306. The third-order valence-corrected chi connectivity index (χ3v) is 4.52. The van der Waals surface area contributed by atoms with Gasteiger partial charge in [0.15, 0.2) is 4.96 Å².